The topological polar surface area (TPSA) is 83.7 Å². The first kappa shape index (κ1) is 14.5. The predicted octanol–water partition coefficient (Wildman–Crippen LogP) is 0.317. The number of nitrogens with two attached hydrogens (primary N) is 1. The molecule has 1 amide bonds. The van der Waals surface area contributed by atoms with Gasteiger partial charge in [-0.2, -0.15) is 0 Å². The molecule has 1 fully saturated rings. The Morgan fingerprint density at radius 3 is 2.57 bits per heavy atom. The molecular weight excluding hydrogens is 290 g/mol. The number of benzene rings is 1. The third-order valence-corrected chi connectivity index (χ3v) is 6.00. The summed E-state index contributed by atoms with van der Waals surface area (Å²) < 4.78 is 25.6. The Labute approximate surface area is 124 Å². The molecule has 1 aromatic carbocycles. The molecule has 2 aliphatic rings. The van der Waals surface area contributed by atoms with Gasteiger partial charge in [-0.05, 0) is 37.0 Å². The second-order valence-electron chi connectivity index (χ2n) is 5.94. The zero-order valence-corrected chi connectivity index (χ0v) is 13.0. The first-order chi connectivity index (χ1) is 9.75. The minimum Gasteiger partial charge on any atom is -0.317 e. The second kappa shape index (κ2) is 4.53. The van der Waals surface area contributed by atoms with Crippen LogP contribution in [0.1, 0.15) is 18.4 Å². The molecule has 114 valence electrons. The number of fused-ring (bicyclic) bond motifs is 1. The van der Waals surface area contributed by atoms with E-state index in [9.17, 15) is 13.2 Å². The van der Waals surface area contributed by atoms with E-state index in [1.54, 1.807) is 23.1 Å². The van der Waals surface area contributed by atoms with Crippen molar-refractivity contribution in [3.05, 3.63) is 23.8 Å². The maximum absolute atomic E-state index is 12.4. The highest BCUT2D eigenvalue weighted by atomic mass is 32.2. The van der Waals surface area contributed by atoms with Crippen LogP contribution in [0.25, 0.3) is 0 Å². The second-order valence-corrected chi connectivity index (χ2v) is 8.09. The number of carbonyl (C=O) groups is 1. The number of amides is 1. The van der Waals surface area contributed by atoms with E-state index >= 15 is 0 Å². The van der Waals surface area contributed by atoms with Gasteiger partial charge in [0.15, 0.2) is 0 Å². The fourth-order valence-corrected chi connectivity index (χ4v) is 3.48. The molecule has 1 aliphatic carbocycles. The SMILES string of the molecule is CN(C)S(=O)(=O)c1ccc2c(c1)N(C(=O)C1(N)CC1)CC2. The Balaban J connectivity index is 2.00. The molecule has 1 aromatic rings. The Morgan fingerprint density at radius 1 is 1.33 bits per heavy atom. The van der Waals surface area contributed by atoms with Crippen molar-refractivity contribution in [2.75, 3.05) is 25.5 Å². The molecule has 0 atom stereocenters. The zero-order chi connectivity index (χ0) is 15.4. The smallest absolute Gasteiger partial charge is 0.247 e. The van der Waals surface area contributed by atoms with E-state index in [1.807, 2.05) is 0 Å². The largest absolute Gasteiger partial charge is 0.317 e. The van der Waals surface area contributed by atoms with E-state index in [2.05, 4.69) is 0 Å². The molecule has 0 spiro atoms. The van der Waals surface area contributed by atoms with Gasteiger partial charge < -0.3 is 10.6 Å². The average Bonchev–Trinajstić information content (AvgIpc) is 3.05. The van der Waals surface area contributed by atoms with E-state index in [-0.39, 0.29) is 10.8 Å². The van der Waals surface area contributed by atoms with Crippen LogP contribution in [0.4, 0.5) is 5.69 Å². The summed E-state index contributed by atoms with van der Waals surface area (Å²) in [5, 5.41) is 0. The van der Waals surface area contributed by atoms with Gasteiger partial charge in [0, 0.05) is 26.3 Å². The van der Waals surface area contributed by atoms with E-state index in [0.29, 0.717) is 25.1 Å². The molecule has 0 unspecified atom stereocenters. The van der Waals surface area contributed by atoms with Gasteiger partial charge in [-0.3, -0.25) is 4.79 Å². The normalized spacial score (nSPS) is 19.7. The summed E-state index contributed by atoms with van der Waals surface area (Å²) in [7, 11) is -0.522. The molecule has 1 aliphatic heterocycles. The lowest BCUT2D eigenvalue weighted by Crippen LogP contribution is -2.45. The lowest BCUT2D eigenvalue weighted by Gasteiger charge is -2.22. The highest BCUT2D eigenvalue weighted by Crippen LogP contribution is 2.39. The van der Waals surface area contributed by atoms with Crippen LogP contribution in [0.5, 0.6) is 0 Å². The van der Waals surface area contributed by atoms with Gasteiger partial charge >= 0.3 is 0 Å². The van der Waals surface area contributed by atoms with Crippen molar-refractivity contribution in [2.24, 2.45) is 5.73 Å². The van der Waals surface area contributed by atoms with Gasteiger partial charge in [-0.1, -0.05) is 6.07 Å². The zero-order valence-electron chi connectivity index (χ0n) is 12.2. The maximum Gasteiger partial charge on any atom is 0.247 e. The Kier molecular flexibility index (Phi) is 3.12. The molecule has 1 saturated carbocycles. The van der Waals surface area contributed by atoms with Gasteiger partial charge in [0.1, 0.15) is 0 Å². The molecule has 21 heavy (non-hydrogen) atoms. The fourth-order valence-electron chi connectivity index (χ4n) is 2.56. The minimum absolute atomic E-state index is 0.0966. The molecule has 0 saturated heterocycles. The van der Waals surface area contributed by atoms with Crippen molar-refractivity contribution in [3.8, 4) is 0 Å². The summed E-state index contributed by atoms with van der Waals surface area (Å²) in [6.07, 6.45) is 2.14. The number of anilines is 1. The summed E-state index contributed by atoms with van der Waals surface area (Å²) in [4.78, 5) is 14.3. The lowest BCUT2D eigenvalue weighted by molar-refractivity contribution is -0.120. The van der Waals surface area contributed by atoms with Gasteiger partial charge in [0.2, 0.25) is 15.9 Å². The van der Waals surface area contributed by atoms with Crippen LogP contribution < -0.4 is 10.6 Å². The molecule has 0 aromatic heterocycles. The third kappa shape index (κ3) is 2.25. The van der Waals surface area contributed by atoms with Crippen molar-refractivity contribution in [1.82, 2.24) is 4.31 Å². The first-order valence-electron chi connectivity index (χ1n) is 6.92. The predicted molar refractivity (Wildman–Crippen MR) is 79.5 cm³/mol. The molecule has 3 rings (SSSR count). The Morgan fingerprint density at radius 2 is 2.00 bits per heavy atom. The molecule has 7 heteroatoms. The third-order valence-electron chi connectivity index (χ3n) is 4.19. The molecule has 6 nitrogen and oxygen atoms in total. The van der Waals surface area contributed by atoms with Gasteiger partial charge in [0.25, 0.3) is 0 Å². The van der Waals surface area contributed by atoms with Crippen LogP contribution in [0.3, 0.4) is 0 Å². The summed E-state index contributed by atoms with van der Waals surface area (Å²) >= 11 is 0. The fraction of sp³-hybridized carbons (Fsp3) is 0.500. The minimum atomic E-state index is -3.50. The molecule has 1 heterocycles. The first-order valence-corrected chi connectivity index (χ1v) is 8.36. The quantitative estimate of drug-likeness (QED) is 0.871. The number of hydrogen-bond acceptors (Lipinski definition) is 4. The van der Waals surface area contributed by atoms with Crippen LogP contribution in [-0.4, -0.2) is 44.8 Å². The summed E-state index contributed by atoms with van der Waals surface area (Å²) in [5.41, 5.74) is 6.91. The number of carbonyl (C=O) groups excluding carboxylic acids is 1. The summed E-state index contributed by atoms with van der Waals surface area (Å²) in [5.74, 6) is -0.0966. The maximum atomic E-state index is 12.4. The monoisotopic (exact) mass is 309 g/mol. The van der Waals surface area contributed by atoms with Gasteiger partial charge in [-0.15, -0.1) is 0 Å². The van der Waals surface area contributed by atoms with E-state index in [4.69, 9.17) is 5.73 Å². The van der Waals surface area contributed by atoms with Crippen molar-refractivity contribution in [2.45, 2.75) is 29.7 Å². The number of hydrogen-bond donors (Lipinski definition) is 1. The van der Waals surface area contributed by atoms with Crippen molar-refractivity contribution < 1.29 is 13.2 Å². The molecule has 0 radical (unpaired) electrons. The lowest BCUT2D eigenvalue weighted by atomic mass is 10.1. The van der Waals surface area contributed by atoms with Crippen molar-refractivity contribution >= 4 is 21.6 Å². The van der Waals surface area contributed by atoms with E-state index < -0.39 is 15.6 Å². The average molecular weight is 309 g/mol. The van der Waals surface area contributed by atoms with Crippen LogP contribution in [0.15, 0.2) is 23.1 Å². The van der Waals surface area contributed by atoms with Gasteiger partial charge in [0.05, 0.1) is 10.4 Å². The van der Waals surface area contributed by atoms with Crippen molar-refractivity contribution in [1.29, 1.82) is 0 Å². The summed E-state index contributed by atoms with van der Waals surface area (Å²) in [6.45, 7) is 0.568. The van der Waals surface area contributed by atoms with Crippen molar-refractivity contribution in [3.63, 3.8) is 0 Å². The Hall–Kier alpha value is -1.44. The Bertz CT molecular complexity index is 708. The molecule has 2 N–H and O–H groups in total. The highest BCUT2D eigenvalue weighted by molar-refractivity contribution is 7.89. The highest BCUT2D eigenvalue weighted by Gasteiger charge is 2.49. The number of rotatable bonds is 3. The van der Waals surface area contributed by atoms with Crippen LogP contribution >= 0.6 is 0 Å². The van der Waals surface area contributed by atoms with Crippen LogP contribution in [-0.2, 0) is 21.2 Å². The summed E-state index contributed by atoms with van der Waals surface area (Å²) in [6, 6.07) is 4.97. The standard InChI is InChI=1S/C14H19N3O3S/c1-16(2)21(19,20)11-4-3-10-5-8-17(12(10)9-11)13(18)14(15)6-7-14/h3-4,9H,5-8,15H2,1-2H3. The van der Waals surface area contributed by atoms with E-state index in [0.717, 1.165) is 12.0 Å². The molecular formula is C14H19N3O3S. The number of sulfonamides is 1. The number of nitrogens with zero attached hydrogens (tertiary/aromatic N) is 2. The molecule has 0 bridgehead atoms. The van der Waals surface area contributed by atoms with Crippen LogP contribution in [0.2, 0.25) is 0 Å². The van der Waals surface area contributed by atoms with Crippen LogP contribution in [0, 0.1) is 0 Å². The van der Waals surface area contributed by atoms with E-state index in [1.165, 1.54) is 18.4 Å². The van der Waals surface area contributed by atoms with Gasteiger partial charge in [-0.25, -0.2) is 12.7 Å².